The van der Waals surface area contributed by atoms with Gasteiger partial charge in [0.05, 0.1) is 0 Å². The lowest BCUT2D eigenvalue weighted by atomic mass is 10.0. The van der Waals surface area contributed by atoms with Crippen LogP contribution < -0.4 is 0 Å². The molecule has 0 saturated heterocycles. The third-order valence-electron chi connectivity index (χ3n) is 6.58. The van der Waals surface area contributed by atoms with E-state index in [1.807, 2.05) is 0 Å². The lowest BCUT2D eigenvalue weighted by Crippen LogP contribution is -2.18. The molecule has 0 amide bonds. The number of rotatable bonds is 26. The first-order chi connectivity index (χ1) is 16.1. The van der Waals surface area contributed by atoms with Gasteiger partial charge in [0.25, 0.3) is 0 Å². The van der Waals surface area contributed by atoms with Gasteiger partial charge in [-0.3, -0.25) is 9.59 Å². The summed E-state index contributed by atoms with van der Waals surface area (Å²) in [5.41, 5.74) is 0. The van der Waals surface area contributed by atoms with Gasteiger partial charge in [-0.1, -0.05) is 123 Å². The standard InChI is InChI=1S/C29H56O4/c1-3-5-7-8-9-10-11-12-13-14-15-19-22-26-29(32)33-27(23-6-4-2)24-20-17-16-18-21-25-28(30)31/h27H,3-26H2,1-2H3,(H,30,31). The molecule has 0 heterocycles. The van der Waals surface area contributed by atoms with Gasteiger partial charge in [-0.2, -0.15) is 0 Å². The van der Waals surface area contributed by atoms with Crippen molar-refractivity contribution in [2.45, 2.75) is 174 Å². The SMILES string of the molecule is CCCCCCCCCCCCCCCC(=O)OC(CCCC)CCCCCCCC(=O)O. The molecule has 0 spiro atoms. The van der Waals surface area contributed by atoms with Crippen LogP contribution in [0.5, 0.6) is 0 Å². The summed E-state index contributed by atoms with van der Waals surface area (Å²) in [4.78, 5) is 22.8. The molecule has 0 aromatic heterocycles. The van der Waals surface area contributed by atoms with Crippen LogP contribution in [0.25, 0.3) is 0 Å². The van der Waals surface area contributed by atoms with Crippen molar-refractivity contribution in [3.05, 3.63) is 0 Å². The average Bonchev–Trinajstić information content (AvgIpc) is 2.79. The van der Waals surface area contributed by atoms with Gasteiger partial charge in [0.1, 0.15) is 6.10 Å². The molecule has 0 aromatic rings. The van der Waals surface area contributed by atoms with Crippen molar-refractivity contribution >= 4 is 11.9 Å². The number of carboxylic acid groups (broad SMARTS) is 1. The fourth-order valence-electron chi connectivity index (χ4n) is 4.40. The van der Waals surface area contributed by atoms with E-state index in [4.69, 9.17) is 9.84 Å². The highest BCUT2D eigenvalue weighted by Crippen LogP contribution is 2.17. The second-order valence-corrected chi connectivity index (χ2v) is 9.95. The van der Waals surface area contributed by atoms with Crippen LogP contribution in [0.2, 0.25) is 0 Å². The molecular weight excluding hydrogens is 412 g/mol. The Bertz CT molecular complexity index is 435. The molecule has 0 saturated carbocycles. The van der Waals surface area contributed by atoms with Gasteiger partial charge in [0, 0.05) is 12.8 Å². The molecule has 4 heteroatoms. The molecule has 0 aliphatic rings. The van der Waals surface area contributed by atoms with Gasteiger partial charge in [0.2, 0.25) is 0 Å². The summed E-state index contributed by atoms with van der Waals surface area (Å²) in [6, 6.07) is 0. The minimum atomic E-state index is -0.704. The summed E-state index contributed by atoms with van der Waals surface area (Å²) in [5.74, 6) is -0.717. The second kappa shape index (κ2) is 25.6. The number of aliphatic carboxylic acids is 1. The van der Waals surface area contributed by atoms with Crippen LogP contribution in [0.15, 0.2) is 0 Å². The minimum Gasteiger partial charge on any atom is -0.481 e. The van der Waals surface area contributed by atoms with Crippen molar-refractivity contribution in [1.82, 2.24) is 0 Å². The van der Waals surface area contributed by atoms with Crippen molar-refractivity contribution in [2.75, 3.05) is 0 Å². The summed E-state index contributed by atoms with van der Waals surface area (Å²) in [5, 5.41) is 8.68. The maximum Gasteiger partial charge on any atom is 0.306 e. The lowest BCUT2D eigenvalue weighted by Gasteiger charge is -2.18. The fraction of sp³-hybridized carbons (Fsp3) is 0.931. The topological polar surface area (TPSA) is 63.6 Å². The third-order valence-corrected chi connectivity index (χ3v) is 6.58. The number of esters is 1. The number of carbonyl (C=O) groups excluding carboxylic acids is 1. The largest absolute Gasteiger partial charge is 0.481 e. The molecule has 1 unspecified atom stereocenters. The average molecular weight is 469 g/mol. The predicted molar refractivity (Wildman–Crippen MR) is 140 cm³/mol. The number of carboxylic acids is 1. The van der Waals surface area contributed by atoms with E-state index in [0.717, 1.165) is 70.6 Å². The summed E-state index contributed by atoms with van der Waals surface area (Å²) >= 11 is 0. The highest BCUT2D eigenvalue weighted by molar-refractivity contribution is 5.69. The van der Waals surface area contributed by atoms with Crippen molar-refractivity contribution < 1.29 is 19.4 Å². The predicted octanol–water partition coefficient (Wildman–Crippen LogP) is 9.39. The molecule has 0 radical (unpaired) electrons. The smallest absolute Gasteiger partial charge is 0.306 e. The van der Waals surface area contributed by atoms with Crippen molar-refractivity contribution in [1.29, 1.82) is 0 Å². The second-order valence-electron chi connectivity index (χ2n) is 9.95. The van der Waals surface area contributed by atoms with Crippen molar-refractivity contribution in [2.24, 2.45) is 0 Å². The van der Waals surface area contributed by atoms with E-state index in [1.54, 1.807) is 0 Å². The van der Waals surface area contributed by atoms with Gasteiger partial charge in [-0.05, 0) is 32.1 Å². The fourth-order valence-corrected chi connectivity index (χ4v) is 4.40. The minimum absolute atomic E-state index is 0.0133. The third kappa shape index (κ3) is 25.4. The molecule has 33 heavy (non-hydrogen) atoms. The Morgan fingerprint density at radius 3 is 1.42 bits per heavy atom. The molecule has 1 N–H and O–H groups in total. The van der Waals surface area contributed by atoms with Crippen LogP contribution in [-0.2, 0) is 14.3 Å². The Balaban J connectivity index is 3.66. The van der Waals surface area contributed by atoms with Crippen LogP contribution >= 0.6 is 0 Å². The van der Waals surface area contributed by atoms with Gasteiger partial charge in [-0.15, -0.1) is 0 Å². The van der Waals surface area contributed by atoms with Gasteiger partial charge in [-0.25, -0.2) is 0 Å². The Morgan fingerprint density at radius 2 is 0.939 bits per heavy atom. The Morgan fingerprint density at radius 1 is 0.545 bits per heavy atom. The van der Waals surface area contributed by atoms with E-state index in [1.165, 1.54) is 70.6 Å². The van der Waals surface area contributed by atoms with Crippen LogP contribution in [-0.4, -0.2) is 23.1 Å². The normalized spacial score (nSPS) is 12.1. The van der Waals surface area contributed by atoms with E-state index in [2.05, 4.69) is 13.8 Å². The van der Waals surface area contributed by atoms with E-state index < -0.39 is 5.97 Å². The zero-order valence-electron chi connectivity index (χ0n) is 22.2. The van der Waals surface area contributed by atoms with Crippen molar-refractivity contribution in [3.8, 4) is 0 Å². The van der Waals surface area contributed by atoms with Crippen LogP contribution in [0.3, 0.4) is 0 Å². The zero-order chi connectivity index (χ0) is 24.4. The molecule has 4 nitrogen and oxygen atoms in total. The summed E-state index contributed by atoms with van der Waals surface area (Å²) in [7, 11) is 0. The molecule has 196 valence electrons. The molecule has 0 aromatic carbocycles. The molecule has 0 aliphatic carbocycles. The highest BCUT2D eigenvalue weighted by atomic mass is 16.5. The number of hydrogen-bond acceptors (Lipinski definition) is 3. The quantitative estimate of drug-likeness (QED) is 0.101. The lowest BCUT2D eigenvalue weighted by molar-refractivity contribution is -0.150. The van der Waals surface area contributed by atoms with Crippen LogP contribution in [0.4, 0.5) is 0 Å². The highest BCUT2D eigenvalue weighted by Gasteiger charge is 2.13. The molecule has 0 rings (SSSR count). The van der Waals surface area contributed by atoms with Crippen molar-refractivity contribution in [3.63, 3.8) is 0 Å². The maximum atomic E-state index is 12.3. The first-order valence-electron chi connectivity index (χ1n) is 14.5. The van der Waals surface area contributed by atoms with Gasteiger partial charge < -0.3 is 9.84 Å². The monoisotopic (exact) mass is 468 g/mol. The number of ether oxygens (including phenoxy) is 1. The van der Waals surface area contributed by atoms with E-state index in [-0.39, 0.29) is 18.5 Å². The number of carbonyl (C=O) groups is 2. The Kier molecular flexibility index (Phi) is 24.7. The van der Waals surface area contributed by atoms with E-state index in [9.17, 15) is 9.59 Å². The molecule has 0 aliphatic heterocycles. The molecule has 0 fully saturated rings. The summed E-state index contributed by atoms with van der Waals surface area (Å²) in [6.07, 6.45) is 27.1. The number of unbranched alkanes of at least 4 members (excludes halogenated alkanes) is 17. The Labute approximate surface area is 205 Å². The molecule has 1 atom stereocenters. The zero-order valence-corrected chi connectivity index (χ0v) is 22.2. The summed E-state index contributed by atoms with van der Waals surface area (Å²) in [6.45, 7) is 4.45. The number of hydrogen-bond donors (Lipinski definition) is 1. The Hall–Kier alpha value is -1.06. The van der Waals surface area contributed by atoms with Crippen LogP contribution in [0, 0.1) is 0 Å². The van der Waals surface area contributed by atoms with Gasteiger partial charge in [0.15, 0.2) is 0 Å². The van der Waals surface area contributed by atoms with E-state index in [0.29, 0.717) is 6.42 Å². The summed E-state index contributed by atoms with van der Waals surface area (Å²) < 4.78 is 5.80. The first-order valence-corrected chi connectivity index (χ1v) is 14.5. The van der Waals surface area contributed by atoms with E-state index >= 15 is 0 Å². The molecular formula is C29H56O4. The first kappa shape index (κ1) is 31.9. The maximum absolute atomic E-state index is 12.3. The van der Waals surface area contributed by atoms with Crippen LogP contribution in [0.1, 0.15) is 168 Å². The molecule has 0 bridgehead atoms. The van der Waals surface area contributed by atoms with Gasteiger partial charge >= 0.3 is 11.9 Å².